The molecule has 84 valence electrons. The molecule has 0 bridgehead atoms. The minimum Gasteiger partial charge on any atom is -0.491 e. The summed E-state index contributed by atoms with van der Waals surface area (Å²) in [5.74, 6) is 0.776. The lowest BCUT2D eigenvalue weighted by Gasteiger charge is -2.11. The van der Waals surface area contributed by atoms with E-state index in [1.54, 1.807) is 11.8 Å². The summed E-state index contributed by atoms with van der Waals surface area (Å²) in [6.45, 7) is 2.51. The average Bonchev–Trinajstić information content (AvgIpc) is 2.26. The number of aryl methyl sites for hydroxylation is 1. The monoisotopic (exact) mass is 227 g/mol. The van der Waals surface area contributed by atoms with Crippen LogP contribution in [0, 0.1) is 6.92 Å². The lowest BCUT2D eigenvalue weighted by molar-refractivity contribution is 0.114. The highest BCUT2D eigenvalue weighted by molar-refractivity contribution is 7.98. The van der Waals surface area contributed by atoms with Gasteiger partial charge in [0, 0.05) is 11.4 Å². The number of thioether (sulfide) groups is 1. The van der Waals surface area contributed by atoms with Gasteiger partial charge in [-0.1, -0.05) is 0 Å². The maximum atomic E-state index is 9.24. The molecule has 3 nitrogen and oxygen atoms in total. The Bertz CT molecular complexity index is 317. The van der Waals surface area contributed by atoms with E-state index in [1.165, 1.54) is 10.5 Å². The molecule has 0 radical (unpaired) electrons. The average molecular weight is 227 g/mol. The minimum atomic E-state index is -0.592. The van der Waals surface area contributed by atoms with Gasteiger partial charge in [-0.25, -0.2) is 0 Å². The van der Waals surface area contributed by atoms with E-state index in [-0.39, 0.29) is 13.2 Å². The number of hydrogen-bond donors (Lipinski definition) is 2. The SMILES string of the molecule is CSc1ccc(OCC(O)CN)cc1C. The normalized spacial score (nSPS) is 12.5. The van der Waals surface area contributed by atoms with Crippen LogP contribution in [0.5, 0.6) is 5.75 Å². The third-order valence-electron chi connectivity index (χ3n) is 2.08. The molecule has 0 aromatic heterocycles. The van der Waals surface area contributed by atoms with Crippen LogP contribution in [0.2, 0.25) is 0 Å². The van der Waals surface area contributed by atoms with Crippen molar-refractivity contribution in [2.24, 2.45) is 5.73 Å². The molecular weight excluding hydrogens is 210 g/mol. The Morgan fingerprint density at radius 1 is 1.53 bits per heavy atom. The van der Waals surface area contributed by atoms with Crippen LogP contribution in [0.15, 0.2) is 23.1 Å². The van der Waals surface area contributed by atoms with Crippen LogP contribution in [-0.2, 0) is 0 Å². The van der Waals surface area contributed by atoms with Gasteiger partial charge in [-0.3, -0.25) is 0 Å². The van der Waals surface area contributed by atoms with E-state index in [0.29, 0.717) is 0 Å². The second-order valence-corrected chi connectivity index (χ2v) is 4.18. The minimum absolute atomic E-state index is 0.224. The molecule has 15 heavy (non-hydrogen) atoms. The highest BCUT2D eigenvalue weighted by atomic mass is 32.2. The molecule has 0 aliphatic carbocycles. The fourth-order valence-electron chi connectivity index (χ4n) is 1.20. The number of rotatable bonds is 5. The second-order valence-electron chi connectivity index (χ2n) is 3.33. The van der Waals surface area contributed by atoms with Crippen molar-refractivity contribution in [2.45, 2.75) is 17.9 Å². The summed E-state index contributed by atoms with van der Waals surface area (Å²) in [7, 11) is 0. The van der Waals surface area contributed by atoms with E-state index >= 15 is 0 Å². The van der Waals surface area contributed by atoms with Crippen LogP contribution in [-0.4, -0.2) is 30.6 Å². The lowest BCUT2D eigenvalue weighted by atomic mass is 10.2. The summed E-state index contributed by atoms with van der Waals surface area (Å²) in [5, 5.41) is 9.24. The Labute approximate surface area is 94.6 Å². The van der Waals surface area contributed by atoms with Crippen LogP contribution in [0.3, 0.4) is 0 Å². The molecule has 0 saturated heterocycles. The van der Waals surface area contributed by atoms with Crippen molar-refractivity contribution in [2.75, 3.05) is 19.4 Å². The summed E-state index contributed by atoms with van der Waals surface area (Å²) in [4.78, 5) is 1.24. The number of aliphatic hydroxyl groups is 1. The van der Waals surface area contributed by atoms with Gasteiger partial charge in [0.2, 0.25) is 0 Å². The molecule has 0 saturated carbocycles. The molecule has 1 aromatic carbocycles. The van der Waals surface area contributed by atoms with Crippen molar-refractivity contribution in [1.29, 1.82) is 0 Å². The summed E-state index contributed by atoms with van der Waals surface area (Å²) in [6.07, 6.45) is 1.45. The van der Waals surface area contributed by atoms with Crippen LogP contribution in [0.25, 0.3) is 0 Å². The Morgan fingerprint density at radius 2 is 2.27 bits per heavy atom. The molecule has 1 atom stereocenters. The Hall–Kier alpha value is -0.710. The predicted molar refractivity (Wildman–Crippen MR) is 63.5 cm³/mol. The molecule has 0 heterocycles. The zero-order chi connectivity index (χ0) is 11.3. The fraction of sp³-hybridized carbons (Fsp3) is 0.455. The molecule has 0 amide bonds. The van der Waals surface area contributed by atoms with Crippen molar-refractivity contribution in [3.05, 3.63) is 23.8 Å². The highest BCUT2D eigenvalue weighted by Gasteiger charge is 2.03. The van der Waals surface area contributed by atoms with Gasteiger partial charge in [-0.15, -0.1) is 11.8 Å². The van der Waals surface area contributed by atoms with Crippen molar-refractivity contribution in [3.8, 4) is 5.75 Å². The number of aliphatic hydroxyl groups excluding tert-OH is 1. The van der Waals surface area contributed by atoms with Gasteiger partial charge < -0.3 is 15.6 Å². The first-order valence-electron chi connectivity index (χ1n) is 4.83. The van der Waals surface area contributed by atoms with Crippen molar-refractivity contribution >= 4 is 11.8 Å². The van der Waals surface area contributed by atoms with Gasteiger partial charge in [-0.2, -0.15) is 0 Å². The first-order valence-corrected chi connectivity index (χ1v) is 6.05. The number of ether oxygens (including phenoxy) is 1. The van der Waals surface area contributed by atoms with Crippen LogP contribution < -0.4 is 10.5 Å². The topological polar surface area (TPSA) is 55.5 Å². The lowest BCUT2D eigenvalue weighted by Crippen LogP contribution is -2.26. The Morgan fingerprint density at radius 3 is 2.80 bits per heavy atom. The summed E-state index contributed by atoms with van der Waals surface area (Å²) < 4.78 is 5.40. The van der Waals surface area contributed by atoms with E-state index in [4.69, 9.17) is 10.5 Å². The second kappa shape index (κ2) is 6.00. The first kappa shape index (κ1) is 12.4. The molecule has 0 fully saturated rings. The smallest absolute Gasteiger partial charge is 0.119 e. The summed E-state index contributed by atoms with van der Waals surface area (Å²) in [6, 6.07) is 5.89. The number of hydrogen-bond acceptors (Lipinski definition) is 4. The van der Waals surface area contributed by atoms with Gasteiger partial charge in [-0.05, 0) is 36.9 Å². The van der Waals surface area contributed by atoms with E-state index < -0.39 is 6.10 Å². The Balaban J connectivity index is 2.59. The van der Waals surface area contributed by atoms with E-state index in [2.05, 4.69) is 0 Å². The number of benzene rings is 1. The standard InChI is InChI=1S/C11H17NO2S/c1-8-5-10(3-4-11(8)15-2)14-7-9(13)6-12/h3-5,9,13H,6-7,12H2,1-2H3. The quantitative estimate of drug-likeness (QED) is 0.747. The first-order chi connectivity index (χ1) is 7.17. The van der Waals surface area contributed by atoms with Crippen LogP contribution in [0.4, 0.5) is 0 Å². The maximum Gasteiger partial charge on any atom is 0.119 e. The molecule has 0 spiro atoms. The highest BCUT2D eigenvalue weighted by Crippen LogP contribution is 2.24. The van der Waals surface area contributed by atoms with Gasteiger partial charge >= 0.3 is 0 Å². The molecule has 1 aromatic rings. The molecule has 4 heteroatoms. The largest absolute Gasteiger partial charge is 0.491 e. The third-order valence-corrected chi connectivity index (χ3v) is 2.98. The van der Waals surface area contributed by atoms with E-state index in [9.17, 15) is 5.11 Å². The maximum absolute atomic E-state index is 9.24. The summed E-state index contributed by atoms with van der Waals surface area (Å²) in [5.41, 5.74) is 6.46. The van der Waals surface area contributed by atoms with Crippen molar-refractivity contribution in [1.82, 2.24) is 0 Å². The molecular formula is C11H17NO2S. The molecule has 1 rings (SSSR count). The third kappa shape index (κ3) is 3.74. The molecule has 0 aliphatic heterocycles. The van der Waals surface area contributed by atoms with Gasteiger partial charge in [0.25, 0.3) is 0 Å². The molecule has 0 aliphatic rings. The summed E-state index contributed by atoms with van der Waals surface area (Å²) >= 11 is 1.71. The van der Waals surface area contributed by atoms with Gasteiger partial charge in [0.1, 0.15) is 18.5 Å². The molecule has 3 N–H and O–H groups in total. The van der Waals surface area contributed by atoms with Gasteiger partial charge in [0.05, 0.1) is 0 Å². The predicted octanol–water partition coefficient (Wildman–Crippen LogP) is 1.42. The van der Waals surface area contributed by atoms with Crippen molar-refractivity contribution < 1.29 is 9.84 Å². The Kier molecular flexibility index (Phi) is 4.94. The number of nitrogens with two attached hydrogens (primary N) is 1. The van der Waals surface area contributed by atoms with E-state index in [0.717, 1.165) is 5.75 Å². The molecule has 1 unspecified atom stereocenters. The zero-order valence-electron chi connectivity index (χ0n) is 9.06. The van der Waals surface area contributed by atoms with Crippen LogP contribution >= 0.6 is 11.8 Å². The van der Waals surface area contributed by atoms with E-state index in [1.807, 2.05) is 31.4 Å². The van der Waals surface area contributed by atoms with Crippen molar-refractivity contribution in [3.63, 3.8) is 0 Å². The zero-order valence-corrected chi connectivity index (χ0v) is 9.88. The van der Waals surface area contributed by atoms with Crippen LogP contribution in [0.1, 0.15) is 5.56 Å². The van der Waals surface area contributed by atoms with Gasteiger partial charge in [0.15, 0.2) is 0 Å². The fourth-order valence-corrected chi connectivity index (χ4v) is 1.79.